The maximum Gasteiger partial charge on any atom is 0.332 e. The lowest BCUT2D eigenvalue weighted by atomic mass is 10.1. The van der Waals surface area contributed by atoms with E-state index >= 15 is 0 Å². The quantitative estimate of drug-likeness (QED) is 0.766. The van der Waals surface area contributed by atoms with E-state index in [2.05, 4.69) is 5.32 Å². The summed E-state index contributed by atoms with van der Waals surface area (Å²) in [5, 5.41) is 11.8. The molecule has 0 aliphatic carbocycles. The zero-order valence-corrected chi connectivity index (χ0v) is 14.7. The van der Waals surface area contributed by atoms with Crippen LogP contribution < -0.4 is 19.5 Å². The SMILES string of the molecule is COc1cc(C(C)NC(=O)[C@@H]2CC[C@H](C(=O)O)O2)cc(OC)c1OC. The summed E-state index contributed by atoms with van der Waals surface area (Å²) in [7, 11) is 4.55. The Labute approximate surface area is 146 Å². The molecule has 2 N–H and O–H groups in total. The van der Waals surface area contributed by atoms with Gasteiger partial charge >= 0.3 is 5.97 Å². The Morgan fingerprint density at radius 3 is 2.12 bits per heavy atom. The fraction of sp³-hybridized carbons (Fsp3) is 0.529. The molecular weight excluding hydrogens is 330 g/mol. The highest BCUT2D eigenvalue weighted by molar-refractivity contribution is 5.83. The minimum absolute atomic E-state index is 0.325. The summed E-state index contributed by atoms with van der Waals surface area (Å²) in [6.07, 6.45) is -0.977. The van der Waals surface area contributed by atoms with Gasteiger partial charge in [0, 0.05) is 0 Å². The first kappa shape index (κ1) is 18.9. The van der Waals surface area contributed by atoms with Crippen molar-refractivity contribution in [2.45, 2.75) is 38.0 Å². The lowest BCUT2D eigenvalue weighted by Crippen LogP contribution is -2.37. The van der Waals surface area contributed by atoms with Crippen LogP contribution in [-0.4, -0.2) is 50.5 Å². The van der Waals surface area contributed by atoms with E-state index in [1.54, 1.807) is 12.1 Å². The third-order valence-electron chi connectivity index (χ3n) is 4.13. The number of hydrogen-bond acceptors (Lipinski definition) is 6. The first-order valence-corrected chi connectivity index (χ1v) is 7.89. The summed E-state index contributed by atoms with van der Waals surface area (Å²) in [6.45, 7) is 1.81. The molecule has 1 aromatic carbocycles. The van der Waals surface area contributed by atoms with Crippen molar-refractivity contribution in [1.82, 2.24) is 5.32 Å². The second-order valence-electron chi connectivity index (χ2n) is 5.72. The molecule has 138 valence electrons. The Morgan fingerprint density at radius 1 is 1.12 bits per heavy atom. The van der Waals surface area contributed by atoms with Crippen LogP contribution in [0.1, 0.15) is 31.4 Å². The van der Waals surface area contributed by atoms with Gasteiger partial charge < -0.3 is 29.4 Å². The van der Waals surface area contributed by atoms with E-state index in [-0.39, 0.29) is 11.9 Å². The number of ether oxygens (including phenoxy) is 4. The molecule has 1 aliphatic rings. The highest BCUT2D eigenvalue weighted by atomic mass is 16.5. The van der Waals surface area contributed by atoms with Crippen LogP contribution in [-0.2, 0) is 14.3 Å². The number of aliphatic carboxylic acids is 1. The largest absolute Gasteiger partial charge is 0.493 e. The first-order chi connectivity index (χ1) is 11.9. The van der Waals surface area contributed by atoms with Gasteiger partial charge in [0.2, 0.25) is 11.7 Å². The summed E-state index contributed by atoms with van der Waals surface area (Å²) >= 11 is 0. The number of carbonyl (C=O) groups is 2. The van der Waals surface area contributed by atoms with Crippen LogP contribution >= 0.6 is 0 Å². The summed E-state index contributed by atoms with van der Waals surface area (Å²) in [5.41, 5.74) is 0.760. The van der Waals surface area contributed by atoms with Gasteiger partial charge in [-0.15, -0.1) is 0 Å². The highest BCUT2D eigenvalue weighted by Crippen LogP contribution is 2.39. The summed E-state index contributed by atoms with van der Waals surface area (Å²) < 4.78 is 21.2. The number of carbonyl (C=O) groups excluding carboxylic acids is 1. The molecule has 8 heteroatoms. The predicted octanol–water partition coefficient (Wildman–Crippen LogP) is 1.52. The van der Waals surface area contributed by atoms with Gasteiger partial charge in [0.15, 0.2) is 17.6 Å². The number of methoxy groups -OCH3 is 3. The number of carboxylic acids is 1. The molecule has 1 unspecified atom stereocenters. The van der Waals surface area contributed by atoms with E-state index in [9.17, 15) is 9.59 Å². The molecule has 0 radical (unpaired) electrons. The van der Waals surface area contributed by atoms with Gasteiger partial charge in [-0.3, -0.25) is 4.79 Å². The number of amides is 1. The third-order valence-corrected chi connectivity index (χ3v) is 4.13. The first-order valence-electron chi connectivity index (χ1n) is 7.89. The van der Waals surface area contributed by atoms with Crippen molar-refractivity contribution < 1.29 is 33.6 Å². The van der Waals surface area contributed by atoms with Crippen LogP contribution in [0.4, 0.5) is 0 Å². The number of benzene rings is 1. The Kier molecular flexibility index (Phi) is 6.08. The van der Waals surface area contributed by atoms with Crippen LogP contribution in [0.5, 0.6) is 17.2 Å². The number of carboxylic acid groups (broad SMARTS) is 1. The summed E-state index contributed by atoms with van der Waals surface area (Å²) in [4.78, 5) is 23.2. The average molecular weight is 353 g/mol. The van der Waals surface area contributed by atoms with Gasteiger partial charge in [0.25, 0.3) is 0 Å². The molecule has 2 rings (SSSR count). The van der Waals surface area contributed by atoms with Crippen molar-refractivity contribution in [3.8, 4) is 17.2 Å². The molecule has 0 bridgehead atoms. The maximum absolute atomic E-state index is 12.3. The van der Waals surface area contributed by atoms with Gasteiger partial charge in [-0.25, -0.2) is 4.79 Å². The van der Waals surface area contributed by atoms with Crippen molar-refractivity contribution in [2.24, 2.45) is 0 Å². The number of hydrogen-bond donors (Lipinski definition) is 2. The van der Waals surface area contributed by atoms with Gasteiger partial charge in [-0.1, -0.05) is 0 Å². The van der Waals surface area contributed by atoms with Crippen molar-refractivity contribution >= 4 is 11.9 Å². The van der Waals surface area contributed by atoms with Crippen molar-refractivity contribution in [2.75, 3.05) is 21.3 Å². The second kappa shape index (κ2) is 8.06. The molecule has 1 saturated heterocycles. The smallest absolute Gasteiger partial charge is 0.332 e. The van der Waals surface area contributed by atoms with E-state index < -0.39 is 18.2 Å². The fourth-order valence-electron chi connectivity index (χ4n) is 2.75. The van der Waals surface area contributed by atoms with E-state index in [0.29, 0.717) is 30.1 Å². The van der Waals surface area contributed by atoms with Crippen molar-refractivity contribution in [1.29, 1.82) is 0 Å². The van der Waals surface area contributed by atoms with Gasteiger partial charge in [0.1, 0.15) is 6.10 Å². The Balaban J connectivity index is 2.11. The molecule has 0 spiro atoms. The summed E-state index contributed by atoms with van der Waals surface area (Å²) in [5.74, 6) is 0.0516. The van der Waals surface area contributed by atoms with Gasteiger partial charge in [0.05, 0.1) is 27.4 Å². The van der Waals surface area contributed by atoms with Crippen LogP contribution in [0.3, 0.4) is 0 Å². The molecule has 8 nitrogen and oxygen atoms in total. The normalized spacial score (nSPS) is 20.6. The van der Waals surface area contributed by atoms with Crippen LogP contribution in [0.25, 0.3) is 0 Å². The van der Waals surface area contributed by atoms with Crippen molar-refractivity contribution in [3.05, 3.63) is 17.7 Å². The van der Waals surface area contributed by atoms with Crippen LogP contribution in [0.15, 0.2) is 12.1 Å². The standard InChI is InChI=1S/C17H23NO7/c1-9(18-16(19)11-5-6-12(25-11)17(20)21)10-7-13(22-2)15(24-4)14(8-10)23-3/h7-9,11-12H,5-6H2,1-4H3,(H,18,19)(H,20,21)/t9?,11-,12+/m0/s1. The zero-order valence-electron chi connectivity index (χ0n) is 14.7. The molecule has 1 heterocycles. The monoisotopic (exact) mass is 353 g/mol. The fourth-order valence-corrected chi connectivity index (χ4v) is 2.75. The van der Waals surface area contributed by atoms with E-state index in [0.717, 1.165) is 5.56 Å². The predicted molar refractivity (Wildman–Crippen MR) is 88.2 cm³/mol. The molecule has 25 heavy (non-hydrogen) atoms. The lowest BCUT2D eigenvalue weighted by molar-refractivity contribution is -0.151. The highest BCUT2D eigenvalue weighted by Gasteiger charge is 2.35. The van der Waals surface area contributed by atoms with Crippen LogP contribution in [0, 0.1) is 0 Å². The topological polar surface area (TPSA) is 103 Å². The average Bonchev–Trinajstić information content (AvgIpc) is 3.10. The molecule has 1 aromatic rings. The molecule has 0 aromatic heterocycles. The van der Waals surface area contributed by atoms with Crippen molar-refractivity contribution in [3.63, 3.8) is 0 Å². The Morgan fingerprint density at radius 2 is 1.68 bits per heavy atom. The number of rotatable bonds is 7. The van der Waals surface area contributed by atoms with Crippen LogP contribution in [0.2, 0.25) is 0 Å². The van der Waals surface area contributed by atoms with E-state index in [1.807, 2.05) is 6.92 Å². The van der Waals surface area contributed by atoms with Gasteiger partial charge in [-0.05, 0) is 37.5 Å². The number of nitrogens with one attached hydrogen (secondary N) is 1. The molecule has 1 fully saturated rings. The molecule has 1 amide bonds. The second-order valence-corrected chi connectivity index (χ2v) is 5.72. The Hall–Kier alpha value is -2.48. The molecule has 1 aliphatic heterocycles. The van der Waals surface area contributed by atoms with E-state index in [4.69, 9.17) is 24.1 Å². The zero-order chi connectivity index (χ0) is 18.6. The summed E-state index contributed by atoms with van der Waals surface area (Å²) in [6, 6.07) is 3.15. The van der Waals surface area contributed by atoms with E-state index in [1.165, 1.54) is 21.3 Å². The minimum Gasteiger partial charge on any atom is -0.493 e. The molecular formula is C17H23NO7. The maximum atomic E-state index is 12.3. The lowest BCUT2D eigenvalue weighted by Gasteiger charge is -2.20. The molecule has 0 saturated carbocycles. The minimum atomic E-state index is -1.05. The molecule has 3 atom stereocenters. The Bertz CT molecular complexity index is 621. The van der Waals surface area contributed by atoms with Gasteiger partial charge in [-0.2, -0.15) is 0 Å². The third kappa shape index (κ3) is 4.14.